The Bertz CT molecular complexity index is 963. The van der Waals surface area contributed by atoms with E-state index in [0.717, 1.165) is 24.1 Å². The van der Waals surface area contributed by atoms with Crippen LogP contribution < -0.4 is 0 Å². The van der Waals surface area contributed by atoms with Gasteiger partial charge in [-0.15, -0.1) is 0 Å². The number of esters is 1. The monoisotopic (exact) mass is 454 g/mol. The van der Waals surface area contributed by atoms with Crippen LogP contribution in [0.3, 0.4) is 0 Å². The first-order valence-corrected chi connectivity index (χ1v) is 10.9. The minimum absolute atomic E-state index is 0.00156. The van der Waals surface area contributed by atoms with E-state index in [1.807, 2.05) is 60.3 Å². The van der Waals surface area contributed by atoms with Crippen LogP contribution in [0, 0.1) is 5.41 Å². The number of nitrogens with zero attached hydrogens (tertiary/aromatic N) is 2. The topological polar surface area (TPSA) is 107 Å². The molecule has 2 fully saturated rings. The molecule has 1 atom stereocenters. The molecule has 1 spiro atoms. The molecule has 0 aliphatic carbocycles. The summed E-state index contributed by atoms with van der Waals surface area (Å²) in [5.41, 5.74) is 2.19. The van der Waals surface area contributed by atoms with Gasteiger partial charge in [0.15, 0.2) is 0 Å². The molecule has 2 aromatic rings. The molecular weight excluding hydrogens is 424 g/mol. The van der Waals surface area contributed by atoms with E-state index in [1.54, 1.807) is 12.1 Å². The second kappa shape index (κ2) is 10.5. The maximum Gasteiger partial charge on any atom is 0.312 e. The number of rotatable bonds is 4. The molecule has 2 N–H and O–H groups in total. The molecule has 1 unspecified atom stereocenters. The molecule has 176 valence electrons. The predicted octanol–water partition coefficient (Wildman–Crippen LogP) is 2.86. The third kappa shape index (κ3) is 5.70. The molecule has 0 bridgehead atoms. The molecule has 0 radical (unpaired) electrons. The second-order valence-corrected chi connectivity index (χ2v) is 8.80. The highest BCUT2D eigenvalue weighted by Crippen LogP contribution is 2.43. The van der Waals surface area contributed by atoms with Crippen molar-refractivity contribution in [1.29, 1.82) is 0 Å². The first kappa shape index (κ1) is 24.3. The summed E-state index contributed by atoms with van der Waals surface area (Å²) in [5, 5.41) is 16.3. The summed E-state index contributed by atoms with van der Waals surface area (Å²) in [7, 11) is 3.96. The number of piperidine rings is 1. The lowest BCUT2D eigenvalue weighted by Crippen LogP contribution is -2.45. The first-order chi connectivity index (χ1) is 15.8. The third-order valence-electron chi connectivity index (χ3n) is 6.23. The number of hydrogen-bond acceptors (Lipinski definition) is 6. The lowest BCUT2D eigenvalue weighted by molar-refractivity contribution is -0.150. The van der Waals surface area contributed by atoms with Crippen molar-refractivity contribution in [3.05, 3.63) is 54.1 Å². The fraction of sp³-hybridized carbons (Fsp3) is 0.400. The van der Waals surface area contributed by atoms with E-state index >= 15 is 0 Å². The van der Waals surface area contributed by atoms with Crippen molar-refractivity contribution in [2.45, 2.75) is 25.4 Å². The Labute approximate surface area is 193 Å². The summed E-state index contributed by atoms with van der Waals surface area (Å²) < 4.78 is 5.61. The number of cyclic esters (lactones) is 1. The number of likely N-dealkylation sites (tertiary alicyclic amines) is 1. The molecule has 2 aliphatic heterocycles. The van der Waals surface area contributed by atoms with Crippen LogP contribution in [0.15, 0.2) is 48.5 Å². The fourth-order valence-corrected chi connectivity index (χ4v) is 4.53. The van der Waals surface area contributed by atoms with Gasteiger partial charge < -0.3 is 24.7 Å². The highest BCUT2D eigenvalue weighted by Gasteiger charge is 2.50. The van der Waals surface area contributed by atoms with Crippen LogP contribution in [-0.2, 0) is 14.3 Å². The van der Waals surface area contributed by atoms with Gasteiger partial charge in [0.2, 0.25) is 0 Å². The van der Waals surface area contributed by atoms with Crippen LogP contribution in [0.1, 0.15) is 29.6 Å². The maximum absolute atomic E-state index is 13.0. The summed E-state index contributed by atoms with van der Waals surface area (Å²) in [6.45, 7) is 1.63. The van der Waals surface area contributed by atoms with Crippen molar-refractivity contribution >= 4 is 18.3 Å². The molecule has 2 aromatic carbocycles. The van der Waals surface area contributed by atoms with Gasteiger partial charge in [-0.3, -0.25) is 14.4 Å². The van der Waals surface area contributed by atoms with E-state index in [1.165, 1.54) is 0 Å². The van der Waals surface area contributed by atoms with Gasteiger partial charge in [-0.2, -0.15) is 0 Å². The third-order valence-corrected chi connectivity index (χ3v) is 6.23. The molecule has 2 heterocycles. The first-order valence-electron chi connectivity index (χ1n) is 10.9. The Morgan fingerprint density at radius 1 is 1.09 bits per heavy atom. The van der Waals surface area contributed by atoms with E-state index in [4.69, 9.17) is 14.6 Å². The Morgan fingerprint density at radius 3 is 2.12 bits per heavy atom. The number of likely N-dealkylation sites (N-methyl/N-ethyl adjacent to an activating group) is 1. The number of hydrogen-bond donors (Lipinski definition) is 2. The summed E-state index contributed by atoms with van der Waals surface area (Å²) in [4.78, 5) is 37.7. The SMILES string of the molecule is CN(C)CC1CC2(CCN(C(=O)c3ccc(-c4ccc(O)cc4)cc3)CC2)C(=O)O1.O=CO. The fourth-order valence-electron chi connectivity index (χ4n) is 4.53. The molecule has 0 aromatic heterocycles. The van der Waals surface area contributed by atoms with Gasteiger partial charge in [-0.05, 0) is 62.3 Å². The summed E-state index contributed by atoms with van der Waals surface area (Å²) in [5.74, 6) is 0.130. The highest BCUT2D eigenvalue weighted by molar-refractivity contribution is 5.95. The Balaban J connectivity index is 0.000000968. The van der Waals surface area contributed by atoms with E-state index in [9.17, 15) is 14.7 Å². The van der Waals surface area contributed by atoms with Crippen molar-refractivity contribution in [2.75, 3.05) is 33.7 Å². The van der Waals surface area contributed by atoms with Gasteiger partial charge in [0.1, 0.15) is 11.9 Å². The summed E-state index contributed by atoms with van der Waals surface area (Å²) in [6.07, 6.45) is 2.01. The van der Waals surface area contributed by atoms with Crippen molar-refractivity contribution in [3.63, 3.8) is 0 Å². The van der Waals surface area contributed by atoms with Gasteiger partial charge in [0.25, 0.3) is 12.4 Å². The predicted molar refractivity (Wildman–Crippen MR) is 123 cm³/mol. The van der Waals surface area contributed by atoms with Crippen molar-refractivity contribution in [3.8, 4) is 16.9 Å². The number of ether oxygens (including phenoxy) is 1. The molecule has 2 aliphatic rings. The van der Waals surface area contributed by atoms with Crippen molar-refractivity contribution in [1.82, 2.24) is 9.80 Å². The average molecular weight is 455 g/mol. The molecule has 1 amide bonds. The molecule has 2 saturated heterocycles. The zero-order valence-electron chi connectivity index (χ0n) is 18.9. The number of amides is 1. The lowest BCUT2D eigenvalue weighted by Gasteiger charge is -2.36. The molecule has 8 nitrogen and oxygen atoms in total. The van der Waals surface area contributed by atoms with E-state index in [-0.39, 0.29) is 30.2 Å². The average Bonchev–Trinajstić information content (AvgIpc) is 3.08. The molecule has 33 heavy (non-hydrogen) atoms. The quantitative estimate of drug-likeness (QED) is 0.540. The number of carboxylic acid groups (broad SMARTS) is 1. The zero-order valence-corrected chi connectivity index (χ0v) is 18.9. The van der Waals surface area contributed by atoms with Crippen LogP contribution in [0.25, 0.3) is 11.1 Å². The highest BCUT2D eigenvalue weighted by atomic mass is 16.6. The van der Waals surface area contributed by atoms with Gasteiger partial charge in [0, 0.05) is 31.6 Å². The van der Waals surface area contributed by atoms with Crippen LogP contribution >= 0.6 is 0 Å². The number of phenolic OH excluding ortho intramolecular Hbond substituents is 1. The molecular formula is C25H30N2O6. The minimum Gasteiger partial charge on any atom is -0.508 e. The van der Waals surface area contributed by atoms with Gasteiger partial charge in [-0.1, -0.05) is 24.3 Å². The van der Waals surface area contributed by atoms with Gasteiger partial charge in [-0.25, -0.2) is 0 Å². The Hall–Kier alpha value is -3.39. The number of carbonyl (C=O) groups is 3. The normalized spacial score (nSPS) is 19.1. The zero-order chi connectivity index (χ0) is 24.0. The number of carbonyl (C=O) groups excluding carboxylic acids is 2. The van der Waals surface area contributed by atoms with Crippen LogP contribution in [0.2, 0.25) is 0 Å². The number of benzene rings is 2. The van der Waals surface area contributed by atoms with Crippen molar-refractivity contribution in [2.24, 2.45) is 5.41 Å². The number of aromatic hydroxyl groups is 1. The van der Waals surface area contributed by atoms with Crippen LogP contribution in [0.5, 0.6) is 5.75 Å². The van der Waals surface area contributed by atoms with Gasteiger partial charge >= 0.3 is 5.97 Å². The summed E-state index contributed by atoms with van der Waals surface area (Å²) in [6, 6.07) is 14.5. The largest absolute Gasteiger partial charge is 0.508 e. The second-order valence-electron chi connectivity index (χ2n) is 8.80. The minimum atomic E-state index is -0.430. The smallest absolute Gasteiger partial charge is 0.312 e. The van der Waals surface area contributed by atoms with Crippen LogP contribution in [0.4, 0.5) is 0 Å². The van der Waals surface area contributed by atoms with Gasteiger partial charge in [0.05, 0.1) is 5.41 Å². The van der Waals surface area contributed by atoms with Crippen molar-refractivity contribution < 1.29 is 29.3 Å². The molecule has 0 saturated carbocycles. The number of phenols is 1. The lowest BCUT2D eigenvalue weighted by atomic mass is 9.76. The Kier molecular flexibility index (Phi) is 7.71. The molecule has 4 rings (SSSR count). The standard InChI is InChI=1S/C24H28N2O4.CH2O2/c1-25(2)16-21-15-24(23(29)30-21)11-13-26(14-12-24)22(28)19-5-3-17(4-6-19)18-7-9-20(27)10-8-18;2-1-3/h3-10,21,27H,11-16H2,1-2H3;1H,(H,2,3). The van der Waals surface area contributed by atoms with E-state index in [2.05, 4.69) is 0 Å². The Morgan fingerprint density at radius 2 is 1.61 bits per heavy atom. The maximum atomic E-state index is 13.0. The molecule has 8 heteroatoms. The van der Waals surface area contributed by atoms with Crippen LogP contribution in [-0.4, -0.2) is 78.2 Å². The van der Waals surface area contributed by atoms with E-state index in [0.29, 0.717) is 31.5 Å². The van der Waals surface area contributed by atoms with E-state index < -0.39 is 5.41 Å². The summed E-state index contributed by atoms with van der Waals surface area (Å²) >= 11 is 0.